The van der Waals surface area contributed by atoms with Gasteiger partial charge in [0.25, 0.3) is 0 Å². The number of hydrogen-bond acceptors (Lipinski definition) is 10. The Bertz CT molecular complexity index is 1270. The van der Waals surface area contributed by atoms with Crippen LogP contribution in [0, 0.1) is 28.1 Å². The molecule has 2 atom stereocenters. The first-order chi connectivity index (χ1) is 17.4. The Morgan fingerprint density at radius 1 is 1.32 bits per heavy atom. The number of thioether (sulfide) groups is 1. The molecule has 1 amide bonds. The first kappa shape index (κ1) is 28.8. The monoisotopic (exact) mass is 545 g/mol. The van der Waals surface area contributed by atoms with Gasteiger partial charge in [-0.05, 0) is 36.1 Å². The molecule has 196 valence electrons. The van der Waals surface area contributed by atoms with Crippen LogP contribution < -0.4 is 10.6 Å². The highest BCUT2D eigenvalue weighted by molar-refractivity contribution is 8.27. The molecule has 2 fully saturated rings. The van der Waals surface area contributed by atoms with Gasteiger partial charge in [-0.3, -0.25) is 24.2 Å². The first-order valence-electron chi connectivity index (χ1n) is 11.5. The van der Waals surface area contributed by atoms with Gasteiger partial charge in [0.05, 0.1) is 28.4 Å². The molecule has 0 spiro atoms. The van der Waals surface area contributed by atoms with Gasteiger partial charge in [-0.2, -0.15) is 10.4 Å². The number of fused-ring (bicyclic) bond motifs is 1. The number of anilines is 1. The van der Waals surface area contributed by atoms with Crippen LogP contribution in [0.15, 0.2) is 23.2 Å². The van der Waals surface area contributed by atoms with Crippen LogP contribution in [0.4, 0.5) is 10.2 Å². The summed E-state index contributed by atoms with van der Waals surface area (Å²) in [5.74, 6) is 0.479. The van der Waals surface area contributed by atoms with Crippen molar-refractivity contribution >= 4 is 58.0 Å². The number of carbonyl (C=O) groups excluding carboxylic acids is 1. The molecule has 1 saturated heterocycles. The van der Waals surface area contributed by atoms with E-state index in [1.807, 2.05) is 24.8 Å². The van der Waals surface area contributed by atoms with Crippen molar-refractivity contribution in [1.82, 2.24) is 14.5 Å². The third-order valence-electron chi connectivity index (χ3n) is 5.89. The van der Waals surface area contributed by atoms with E-state index >= 15 is 0 Å². The van der Waals surface area contributed by atoms with E-state index in [-0.39, 0.29) is 27.3 Å². The molecule has 3 heterocycles. The minimum atomic E-state index is -2.53. The zero-order valence-electron chi connectivity index (χ0n) is 20.4. The Morgan fingerprint density at radius 3 is 2.41 bits per heavy atom. The highest BCUT2D eigenvalue weighted by Crippen LogP contribution is 2.30. The minimum Gasteiger partial charge on any atom is -0.768 e. The van der Waals surface area contributed by atoms with Gasteiger partial charge in [-0.1, -0.05) is 25.6 Å². The van der Waals surface area contributed by atoms with Gasteiger partial charge in [-0.15, -0.1) is 0 Å². The second kappa shape index (κ2) is 11.7. The largest absolute Gasteiger partial charge is 0.768 e. The normalized spacial score (nSPS) is 18.0. The second-order valence-electron chi connectivity index (χ2n) is 9.07. The molecule has 4 rings (SSSR count). The van der Waals surface area contributed by atoms with Crippen molar-refractivity contribution in [3.05, 3.63) is 23.9 Å². The van der Waals surface area contributed by atoms with Crippen LogP contribution in [0.5, 0.6) is 0 Å². The van der Waals surface area contributed by atoms with E-state index in [0.29, 0.717) is 49.3 Å². The molecule has 0 aromatic carbocycles. The van der Waals surface area contributed by atoms with Crippen LogP contribution >= 0.6 is 11.8 Å². The first-order valence-corrected chi connectivity index (χ1v) is 13.4. The Morgan fingerprint density at radius 2 is 1.95 bits per heavy atom. The summed E-state index contributed by atoms with van der Waals surface area (Å²) < 4.78 is 38.1. The number of nitriles is 1. The molecule has 15 heteroatoms. The topological polar surface area (TPSA) is 178 Å². The summed E-state index contributed by atoms with van der Waals surface area (Å²) >= 11 is -1.98. The lowest BCUT2D eigenvalue weighted by Gasteiger charge is -2.37. The minimum absolute atomic E-state index is 0.0139. The molecule has 37 heavy (non-hydrogen) atoms. The van der Waals surface area contributed by atoms with Crippen LogP contribution in [0.1, 0.15) is 32.3 Å². The van der Waals surface area contributed by atoms with Crippen molar-refractivity contribution in [2.45, 2.75) is 43.2 Å². The molecule has 2 unspecified atom stereocenters. The fourth-order valence-corrected chi connectivity index (χ4v) is 4.54. The molecule has 0 bridgehead atoms. The van der Waals surface area contributed by atoms with E-state index in [9.17, 15) is 17.9 Å². The molecular weight excluding hydrogens is 518 g/mol. The van der Waals surface area contributed by atoms with Crippen LogP contribution in [0.3, 0.4) is 0 Å². The molecule has 2 aromatic rings. The summed E-state index contributed by atoms with van der Waals surface area (Å²) in [7, 11) is 5.04. The van der Waals surface area contributed by atoms with E-state index in [1.165, 1.54) is 22.8 Å². The highest BCUT2D eigenvalue weighted by Gasteiger charge is 2.38. The summed E-state index contributed by atoms with van der Waals surface area (Å²) in [6.45, 7) is 5.66. The number of pyridine rings is 1. The van der Waals surface area contributed by atoms with Gasteiger partial charge >= 0.3 is 0 Å². The van der Waals surface area contributed by atoms with E-state index in [4.69, 9.17) is 29.7 Å². The summed E-state index contributed by atoms with van der Waals surface area (Å²) in [6.07, 6.45) is 1.16. The third-order valence-corrected chi connectivity index (χ3v) is 7.38. The molecule has 1 aliphatic carbocycles. The Balaban J connectivity index is 0.000000555. The molecule has 2 radical (unpaired) electrons. The van der Waals surface area contributed by atoms with Crippen molar-refractivity contribution < 1.29 is 17.9 Å². The fraction of sp³-hybridized carbons (Fsp3) is 0.500. The average molecular weight is 545 g/mol. The average Bonchev–Trinajstić information content (AvgIpc) is 3.46. The van der Waals surface area contributed by atoms with E-state index in [0.717, 1.165) is 12.8 Å². The van der Waals surface area contributed by atoms with Crippen molar-refractivity contribution in [1.29, 1.82) is 16.1 Å². The summed E-state index contributed by atoms with van der Waals surface area (Å²) in [5.41, 5.74) is 5.49. The van der Waals surface area contributed by atoms with Crippen LogP contribution in [-0.2, 0) is 15.9 Å². The molecule has 2 aromatic heterocycles. The zero-order valence-corrected chi connectivity index (χ0v) is 22.1. The van der Waals surface area contributed by atoms with Crippen molar-refractivity contribution in [3.63, 3.8) is 0 Å². The van der Waals surface area contributed by atoms with Crippen LogP contribution in [0.25, 0.3) is 5.52 Å². The highest BCUT2D eigenvalue weighted by atomic mass is 32.2. The molecule has 11 nitrogen and oxygen atoms in total. The maximum atomic E-state index is 13.1. The number of halogens is 1. The lowest BCUT2D eigenvalue weighted by molar-refractivity contribution is -0.134. The summed E-state index contributed by atoms with van der Waals surface area (Å²) in [6, 6.07) is 4.86. The SMILES string of the molecule is N#CC1(N)CC1.[B]C(F)C(=N)SC(=N)c1cnn2c(N3CCN(C(=O)C(C)C)CC3)cc(S(=O)[O-])cc12. The van der Waals surface area contributed by atoms with Crippen molar-refractivity contribution in [2.75, 3.05) is 31.1 Å². The third kappa shape index (κ3) is 6.95. The predicted molar refractivity (Wildman–Crippen MR) is 141 cm³/mol. The van der Waals surface area contributed by atoms with Crippen molar-refractivity contribution in [2.24, 2.45) is 11.7 Å². The number of piperazine rings is 1. The number of nitrogens with two attached hydrogens (primary N) is 1. The van der Waals surface area contributed by atoms with Crippen LogP contribution in [0.2, 0.25) is 0 Å². The zero-order chi connectivity index (χ0) is 27.5. The molecule has 2 aliphatic rings. The Hall–Kier alpha value is -2.80. The number of alkyl halides is 1. The number of amides is 1. The number of hydrogen-bond donors (Lipinski definition) is 3. The number of aromatic nitrogens is 2. The molecule has 1 saturated carbocycles. The maximum absolute atomic E-state index is 13.1. The molecule has 4 N–H and O–H groups in total. The lowest BCUT2D eigenvalue weighted by atomic mass is 10.0. The van der Waals surface area contributed by atoms with Gasteiger partial charge in [0.15, 0.2) is 0 Å². The second-order valence-corrected chi connectivity index (χ2v) is 11.1. The Kier molecular flexibility index (Phi) is 9.11. The molecule has 1 aliphatic heterocycles. The maximum Gasteiger partial charge on any atom is 0.225 e. The number of nitrogens with one attached hydrogen (secondary N) is 2. The smallest absolute Gasteiger partial charge is 0.225 e. The van der Waals surface area contributed by atoms with Crippen molar-refractivity contribution in [3.8, 4) is 6.07 Å². The van der Waals surface area contributed by atoms with E-state index < -0.39 is 27.7 Å². The van der Waals surface area contributed by atoms with E-state index in [2.05, 4.69) is 5.10 Å². The van der Waals surface area contributed by atoms with Gasteiger partial charge in [0.2, 0.25) is 5.91 Å². The van der Waals surface area contributed by atoms with E-state index in [1.54, 1.807) is 4.90 Å². The van der Waals surface area contributed by atoms with Gasteiger partial charge in [-0.25, -0.2) is 4.52 Å². The summed E-state index contributed by atoms with van der Waals surface area (Å²) in [4.78, 5) is 16.0. The quantitative estimate of drug-likeness (QED) is 0.218. The molecular formula is C22H27BFN8O3S2-. The Labute approximate surface area is 222 Å². The fourth-order valence-electron chi connectivity index (χ4n) is 3.53. The van der Waals surface area contributed by atoms with Gasteiger partial charge in [0.1, 0.15) is 30.3 Å². The number of carbonyl (C=O) groups is 1. The number of nitrogens with zero attached hydrogens (tertiary/aromatic N) is 5. The lowest BCUT2D eigenvalue weighted by Crippen LogP contribution is -2.50. The standard InChI is InChI=1S/C18H22BFN6O3S2.C4H6N2/c1-10(2)18(27)25-5-3-24(4-6-25)14-8-11(31(28)29)7-13-12(9-23-26(13)14)16(21)30-17(22)15(19)20;5-3-4(6)1-2-4/h7-10,15,21-22H,3-6H2,1-2H3,(H,28,29);1-2,6H2/p-1. The van der Waals surface area contributed by atoms with Crippen LogP contribution in [-0.4, -0.2) is 84.9 Å². The van der Waals surface area contributed by atoms with Gasteiger partial charge < -0.3 is 20.1 Å². The summed E-state index contributed by atoms with van der Waals surface area (Å²) in [5, 5.41) is 27.4. The predicted octanol–water partition coefficient (Wildman–Crippen LogP) is 1.38. The van der Waals surface area contributed by atoms with Gasteiger partial charge in [0, 0.05) is 37.0 Å². The number of rotatable bonds is 5.